The molecule has 1 N–H and O–H groups in total. The predicted octanol–water partition coefficient (Wildman–Crippen LogP) is 1.15. The first-order chi connectivity index (χ1) is 14.4. The Labute approximate surface area is 169 Å². The van der Waals surface area contributed by atoms with Crippen LogP contribution in [0.15, 0.2) is 43.0 Å². The van der Waals surface area contributed by atoms with Crippen molar-refractivity contribution < 1.29 is 23.1 Å². The van der Waals surface area contributed by atoms with Crippen LogP contribution in [0.5, 0.6) is 5.75 Å². The van der Waals surface area contributed by atoms with Gasteiger partial charge in [0.05, 0.1) is 18.9 Å². The Hall–Kier alpha value is -3.89. The summed E-state index contributed by atoms with van der Waals surface area (Å²) in [6.45, 7) is -0.130. The Morgan fingerprint density at radius 2 is 2.20 bits per heavy atom. The van der Waals surface area contributed by atoms with Crippen LogP contribution in [0.1, 0.15) is 16.1 Å². The van der Waals surface area contributed by atoms with E-state index in [2.05, 4.69) is 20.4 Å². The van der Waals surface area contributed by atoms with Gasteiger partial charge < -0.3 is 10.1 Å². The second-order valence-corrected chi connectivity index (χ2v) is 6.59. The molecular formula is C19H16F2N6O3. The highest BCUT2D eigenvalue weighted by atomic mass is 19.1. The number of hydrogen-bond acceptors (Lipinski definition) is 6. The van der Waals surface area contributed by atoms with Crippen molar-refractivity contribution in [2.75, 3.05) is 18.6 Å². The largest absolute Gasteiger partial charge is 0.487 e. The summed E-state index contributed by atoms with van der Waals surface area (Å²) in [6.07, 6.45) is 4.98. The molecule has 11 heteroatoms. The molecule has 4 rings (SSSR count). The van der Waals surface area contributed by atoms with Gasteiger partial charge in [0.25, 0.3) is 11.8 Å². The minimum Gasteiger partial charge on any atom is -0.487 e. The quantitative estimate of drug-likeness (QED) is 0.687. The maximum atomic E-state index is 14.3. The molecule has 1 unspecified atom stereocenters. The number of fused-ring (bicyclic) bond motifs is 1. The number of nitrogens with one attached hydrogen (secondary N) is 1. The zero-order chi connectivity index (χ0) is 21.3. The van der Waals surface area contributed by atoms with E-state index in [-0.39, 0.29) is 13.2 Å². The number of halogens is 2. The highest BCUT2D eigenvalue weighted by Gasteiger charge is 2.32. The van der Waals surface area contributed by atoms with Gasteiger partial charge in [-0.15, -0.1) is 0 Å². The minimum atomic E-state index is -1.06. The molecule has 0 aromatic carbocycles. The molecule has 0 spiro atoms. The first-order valence-corrected chi connectivity index (χ1v) is 8.91. The van der Waals surface area contributed by atoms with Gasteiger partial charge in [0.1, 0.15) is 18.5 Å². The molecular weight excluding hydrogens is 398 g/mol. The molecule has 1 aliphatic heterocycles. The van der Waals surface area contributed by atoms with Crippen LogP contribution in [-0.4, -0.2) is 51.3 Å². The number of carbonyl (C=O) groups excluding carboxylic acids is 2. The van der Waals surface area contributed by atoms with Gasteiger partial charge in [0.15, 0.2) is 23.1 Å². The summed E-state index contributed by atoms with van der Waals surface area (Å²) in [5.74, 6) is -2.05. The number of carbonyl (C=O) groups is 2. The number of nitrogens with zero attached hydrogens (tertiary/aromatic N) is 5. The van der Waals surface area contributed by atoms with Gasteiger partial charge in [-0.25, -0.2) is 13.8 Å². The summed E-state index contributed by atoms with van der Waals surface area (Å²) in [5, 5.41) is 6.35. The fourth-order valence-electron chi connectivity index (χ4n) is 3.02. The third kappa shape index (κ3) is 3.81. The zero-order valence-electron chi connectivity index (χ0n) is 15.7. The van der Waals surface area contributed by atoms with Gasteiger partial charge in [-0.3, -0.25) is 24.2 Å². The number of anilines is 1. The number of rotatable bonds is 4. The van der Waals surface area contributed by atoms with E-state index in [1.54, 1.807) is 12.1 Å². The van der Waals surface area contributed by atoms with Crippen LogP contribution in [0.4, 0.5) is 14.6 Å². The lowest BCUT2D eigenvalue weighted by molar-refractivity contribution is -0.120. The van der Waals surface area contributed by atoms with Crippen molar-refractivity contribution in [3.63, 3.8) is 0 Å². The van der Waals surface area contributed by atoms with Crippen LogP contribution < -0.4 is 15.0 Å². The molecule has 2 amide bonds. The number of amides is 2. The predicted molar refractivity (Wildman–Crippen MR) is 99.9 cm³/mol. The van der Waals surface area contributed by atoms with Crippen LogP contribution in [0.25, 0.3) is 0 Å². The molecule has 1 atom stereocenters. The standard InChI is InChI=1S/C19H16F2N6O3/c1-26-17-15(3-2-4-23-17)30-10-14(19(26)29)24-18(28)16-13(21)9-27(25-16)8-11-5-12(20)7-22-6-11/h2-7,9,14H,8,10H2,1H3,(H,24,28). The van der Waals surface area contributed by atoms with Crippen LogP contribution >= 0.6 is 0 Å². The average Bonchev–Trinajstić information content (AvgIpc) is 3.04. The lowest BCUT2D eigenvalue weighted by atomic mass is 10.2. The van der Waals surface area contributed by atoms with Crippen molar-refractivity contribution in [1.29, 1.82) is 0 Å². The fourth-order valence-corrected chi connectivity index (χ4v) is 3.02. The maximum absolute atomic E-state index is 14.3. The van der Waals surface area contributed by atoms with E-state index in [9.17, 15) is 18.4 Å². The molecule has 1 aliphatic rings. The second kappa shape index (κ2) is 7.85. The summed E-state index contributed by atoms with van der Waals surface area (Å²) in [6, 6.07) is 3.48. The molecule has 0 bridgehead atoms. The molecule has 3 aromatic rings. The number of aromatic nitrogens is 4. The van der Waals surface area contributed by atoms with E-state index in [0.29, 0.717) is 17.1 Å². The number of pyridine rings is 2. The molecule has 0 aliphatic carbocycles. The highest BCUT2D eigenvalue weighted by Crippen LogP contribution is 2.27. The van der Waals surface area contributed by atoms with Crippen LogP contribution in [0, 0.1) is 11.6 Å². The van der Waals surface area contributed by atoms with E-state index in [1.807, 2.05) is 0 Å². The van der Waals surface area contributed by atoms with Crippen molar-refractivity contribution >= 4 is 17.6 Å². The van der Waals surface area contributed by atoms with Crippen molar-refractivity contribution in [1.82, 2.24) is 25.1 Å². The minimum absolute atomic E-state index is 0.0180. The molecule has 0 saturated carbocycles. The van der Waals surface area contributed by atoms with Crippen LogP contribution in [0.2, 0.25) is 0 Å². The Kier molecular flexibility index (Phi) is 5.09. The molecule has 9 nitrogen and oxygen atoms in total. The summed E-state index contributed by atoms with van der Waals surface area (Å²) in [5.41, 5.74) is -0.0432. The van der Waals surface area contributed by atoms with Gasteiger partial charge in [0.2, 0.25) is 0 Å². The summed E-state index contributed by atoms with van der Waals surface area (Å²) >= 11 is 0. The van der Waals surface area contributed by atoms with Crippen molar-refractivity contribution in [2.24, 2.45) is 0 Å². The molecule has 4 heterocycles. The smallest absolute Gasteiger partial charge is 0.275 e. The lowest BCUT2D eigenvalue weighted by Crippen LogP contribution is -2.49. The average molecular weight is 414 g/mol. The zero-order valence-corrected chi connectivity index (χ0v) is 15.7. The first-order valence-electron chi connectivity index (χ1n) is 8.91. The Bertz CT molecular complexity index is 1120. The fraction of sp³-hybridized carbons (Fsp3) is 0.211. The number of likely N-dealkylation sites (N-methyl/N-ethyl adjacent to an activating group) is 1. The monoisotopic (exact) mass is 414 g/mol. The second-order valence-electron chi connectivity index (χ2n) is 6.59. The van der Waals surface area contributed by atoms with E-state index < -0.39 is 35.2 Å². The van der Waals surface area contributed by atoms with E-state index >= 15 is 0 Å². The lowest BCUT2D eigenvalue weighted by Gasteiger charge is -2.19. The van der Waals surface area contributed by atoms with Gasteiger partial charge >= 0.3 is 0 Å². The van der Waals surface area contributed by atoms with Gasteiger partial charge in [-0.05, 0) is 23.8 Å². The van der Waals surface area contributed by atoms with E-state index in [1.165, 1.54) is 30.4 Å². The normalized spacial score (nSPS) is 15.9. The number of hydrogen-bond donors (Lipinski definition) is 1. The summed E-state index contributed by atoms with van der Waals surface area (Å²) < 4.78 is 34.3. The SMILES string of the molecule is CN1C(=O)C(NC(=O)c2nn(Cc3cncc(F)c3)cc2F)COc2cccnc21. The molecule has 0 fully saturated rings. The van der Waals surface area contributed by atoms with Crippen LogP contribution in [-0.2, 0) is 11.3 Å². The third-order valence-electron chi connectivity index (χ3n) is 4.45. The topological polar surface area (TPSA) is 102 Å². The Morgan fingerprint density at radius 1 is 1.37 bits per heavy atom. The van der Waals surface area contributed by atoms with Crippen molar-refractivity contribution in [3.05, 3.63) is 65.9 Å². The Balaban J connectivity index is 1.49. The first kappa shape index (κ1) is 19.4. The van der Waals surface area contributed by atoms with Crippen LogP contribution in [0.3, 0.4) is 0 Å². The van der Waals surface area contributed by atoms with E-state index in [4.69, 9.17) is 4.74 Å². The molecule has 30 heavy (non-hydrogen) atoms. The molecule has 3 aromatic heterocycles. The highest BCUT2D eigenvalue weighted by molar-refractivity contribution is 6.02. The Morgan fingerprint density at radius 3 is 3.00 bits per heavy atom. The molecule has 154 valence electrons. The third-order valence-corrected chi connectivity index (χ3v) is 4.45. The van der Waals surface area contributed by atoms with Gasteiger partial charge in [-0.2, -0.15) is 5.10 Å². The number of ether oxygens (including phenoxy) is 1. The van der Waals surface area contributed by atoms with Crippen molar-refractivity contribution in [2.45, 2.75) is 12.6 Å². The van der Waals surface area contributed by atoms with E-state index in [0.717, 1.165) is 17.1 Å². The van der Waals surface area contributed by atoms with Crippen molar-refractivity contribution in [3.8, 4) is 5.75 Å². The maximum Gasteiger partial charge on any atom is 0.275 e. The summed E-state index contributed by atoms with van der Waals surface area (Å²) in [4.78, 5) is 34.3. The molecule has 0 radical (unpaired) electrons. The van der Waals surface area contributed by atoms with Gasteiger partial charge in [0, 0.05) is 19.4 Å². The summed E-state index contributed by atoms with van der Waals surface area (Å²) in [7, 11) is 1.50. The molecule has 0 saturated heterocycles. The van der Waals surface area contributed by atoms with Gasteiger partial charge in [-0.1, -0.05) is 0 Å².